The Bertz CT molecular complexity index is 291. The largest absolute Gasteiger partial charge is 0.241 e. The van der Waals surface area contributed by atoms with Crippen LogP contribution in [-0.4, -0.2) is 9.97 Å². The van der Waals surface area contributed by atoms with Gasteiger partial charge in [-0.05, 0) is 27.4 Å². The summed E-state index contributed by atoms with van der Waals surface area (Å²) in [6.45, 7) is 8.84. The van der Waals surface area contributed by atoms with Crippen LogP contribution in [0, 0.1) is 5.41 Å². The monoisotopic (exact) mass is 242 g/mol. The van der Waals surface area contributed by atoms with Gasteiger partial charge in [-0.3, -0.25) is 0 Å². The Labute approximate surface area is 87.9 Å². The van der Waals surface area contributed by atoms with Gasteiger partial charge in [0.05, 0.1) is 0 Å². The number of hydrogen-bond acceptors (Lipinski definition) is 2. The molecule has 1 aromatic heterocycles. The fraction of sp³-hybridized carbons (Fsp3) is 0.600. The van der Waals surface area contributed by atoms with Gasteiger partial charge in [-0.1, -0.05) is 27.7 Å². The predicted molar refractivity (Wildman–Crippen MR) is 57.6 cm³/mol. The minimum absolute atomic E-state index is 0.244. The number of halogens is 1. The fourth-order valence-electron chi connectivity index (χ4n) is 1.03. The third-order valence-electron chi connectivity index (χ3n) is 2.40. The van der Waals surface area contributed by atoms with Crippen molar-refractivity contribution < 1.29 is 0 Å². The molecular formula is C10H15BrN2. The van der Waals surface area contributed by atoms with E-state index in [9.17, 15) is 0 Å². The molecule has 0 bridgehead atoms. The third-order valence-corrected chi connectivity index (χ3v) is 2.83. The molecule has 0 saturated heterocycles. The Kier molecular flexibility index (Phi) is 3.06. The quantitative estimate of drug-likeness (QED) is 0.706. The third kappa shape index (κ3) is 2.76. The summed E-state index contributed by atoms with van der Waals surface area (Å²) in [6, 6.07) is 1.98. The molecule has 1 atom stereocenters. The Morgan fingerprint density at radius 1 is 1.31 bits per heavy atom. The molecule has 72 valence electrons. The maximum atomic E-state index is 4.26. The number of aromatic nitrogens is 2. The maximum absolute atomic E-state index is 4.26. The van der Waals surface area contributed by atoms with Crippen molar-refractivity contribution in [2.45, 2.75) is 33.6 Å². The summed E-state index contributed by atoms with van der Waals surface area (Å²) < 4.78 is 0.855. The van der Waals surface area contributed by atoms with Crippen molar-refractivity contribution in [3.05, 3.63) is 22.7 Å². The highest BCUT2D eigenvalue weighted by molar-refractivity contribution is 9.10. The molecule has 0 aromatic carbocycles. The van der Waals surface area contributed by atoms with E-state index in [2.05, 4.69) is 53.6 Å². The summed E-state index contributed by atoms with van der Waals surface area (Å²) in [7, 11) is 0. The van der Waals surface area contributed by atoms with Crippen LogP contribution in [0.4, 0.5) is 0 Å². The standard InChI is InChI=1S/C10H15BrN2/c1-7(10(2,3)4)8-5-9(11)13-6-12-8/h5-7H,1-4H3. The van der Waals surface area contributed by atoms with Crippen molar-refractivity contribution in [1.29, 1.82) is 0 Å². The summed E-state index contributed by atoms with van der Waals surface area (Å²) in [6.07, 6.45) is 1.60. The average molecular weight is 243 g/mol. The highest BCUT2D eigenvalue weighted by Gasteiger charge is 2.22. The van der Waals surface area contributed by atoms with Gasteiger partial charge in [0.2, 0.25) is 0 Å². The van der Waals surface area contributed by atoms with E-state index >= 15 is 0 Å². The highest BCUT2D eigenvalue weighted by atomic mass is 79.9. The summed E-state index contributed by atoms with van der Waals surface area (Å²) in [5, 5.41) is 0. The normalized spacial score (nSPS) is 14.2. The van der Waals surface area contributed by atoms with Crippen molar-refractivity contribution >= 4 is 15.9 Å². The van der Waals surface area contributed by atoms with Crippen LogP contribution in [0.15, 0.2) is 17.0 Å². The van der Waals surface area contributed by atoms with Crippen LogP contribution in [0.3, 0.4) is 0 Å². The highest BCUT2D eigenvalue weighted by Crippen LogP contribution is 2.33. The second-order valence-electron chi connectivity index (χ2n) is 4.35. The molecule has 0 aliphatic rings. The van der Waals surface area contributed by atoms with E-state index in [0.29, 0.717) is 5.92 Å². The summed E-state index contributed by atoms with van der Waals surface area (Å²) >= 11 is 3.35. The lowest BCUT2D eigenvalue weighted by molar-refractivity contribution is 0.333. The fourth-order valence-corrected chi connectivity index (χ4v) is 1.35. The van der Waals surface area contributed by atoms with E-state index in [1.54, 1.807) is 6.33 Å². The van der Waals surface area contributed by atoms with Gasteiger partial charge in [-0.2, -0.15) is 0 Å². The second kappa shape index (κ2) is 3.74. The number of nitrogens with zero attached hydrogens (tertiary/aromatic N) is 2. The van der Waals surface area contributed by atoms with Gasteiger partial charge in [-0.25, -0.2) is 9.97 Å². The molecule has 1 aromatic rings. The second-order valence-corrected chi connectivity index (χ2v) is 5.17. The molecular weight excluding hydrogens is 228 g/mol. The maximum Gasteiger partial charge on any atom is 0.116 e. The molecule has 0 saturated carbocycles. The minimum atomic E-state index is 0.244. The first kappa shape index (κ1) is 10.6. The van der Waals surface area contributed by atoms with Crippen LogP contribution in [-0.2, 0) is 0 Å². The van der Waals surface area contributed by atoms with E-state index in [0.717, 1.165) is 10.3 Å². The summed E-state index contributed by atoms with van der Waals surface area (Å²) in [5.74, 6) is 0.437. The molecule has 0 aliphatic carbocycles. The molecule has 0 amide bonds. The first-order chi connectivity index (χ1) is 5.91. The molecule has 2 nitrogen and oxygen atoms in total. The lowest BCUT2D eigenvalue weighted by atomic mass is 9.80. The zero-order valence-electron chi connectivity index (χ0n) is 8.50. The van der Waals surface area contributed by atoms with E-state index in [4.69, 9.17) is 0 Å². The van der Waals surface area contributed by atoms with Gasteiger partial charge < -0.3 is 0 Å². The zero-order chi connectivity index (χ0) is 10.1. The SMILES string of the molecule is CC(c1cc(Br)ncn1)C(C)(C)C. The lowest BCUT2D eigenvalue weighted by Gasteiger charge is -2.26. The van der Waals surface area contributed by atoms with E-state index in [1.165, 1.54) is 0 Å². The predicted octanol–water partition coefficient (Wildman–Crippen LogP) is 3.39. The van der Waals surface area contributed by atoms with E-state index in [-0.39, 0.29) is 5.41 Å². The van der Waals surface area contributed by atoms with Gasteiger partial charge in [0.25, 0.3) is 0 Å². The molecule has 0 radical (unpaired) electrons. The Balaban J connectivity index is 2.96. The Morgan fingerprint density at radius 3 is 2.38 bits per heavy atom. The van der Waals surface area contributed by atoms with Crippen LogP contribution in [0.2, 0.25) is 0 Å². The molecule has 0 spiro atoms. The molecule has 1 rings (SSSR count). The topological polar surface area (TPSA) is 25.8 Å². The van der Waals surface area contributed by atoms with Gasteiger partial charge in [-0.15, -0.1) is 0 Å². The van der Waals surface area contributed by atoms with Crippen LogP contribution in [0.1, 0.15) is 39.3 Å². The van der Waals surface area contributed by atoms with Gasteiger partial charge in [0.1, 0.15) is 10.9 Å². The van der Waals surface area contributed by atoms with Crippen molar-refractivity contribution in [2.75, 3.05) is 0 Å². The zero-order valence-corrected chi connectivity index (χ0v) is 10.1. The van der Waals surface area contributed by atoms with Crippen LogP contribution in [0.5, 0.6) is 0 Å². The molecule has 0 fully saturated rings. The molecule has 13 heavy (non-hydrogen) atoms. The minimum Gasteiger partial charge on any atom is -0.241 e. The van der Waals surface area contributed by atoms with Crippen LogP contribution in [0.25, 0.3) is 0 Å². The first-order valence-corrected chi connectivity index (χ1v) is 5.18. The molecule has 3 heteroatoms. The molecule has 1 heterocycles. The van der Waals surface area contributed by atoms with Gasteiger partial charge in [0.15, 0.2) is 0 Å². The van der Waals surface area contributed by atoms with Crippen molar-refractivity contribution in [2.24, 2.45) is 5.41 Å². The Hall–Kier alpha value is -0.440. The van der Waals surface area contributed by atoms with Crippen LogP contribution < -0.4 is 0 Å². The average Bonchev–Trinajstić information content (AvgIpc) is 2.01. The summed E-state index contributed by atoms with van der Waals surface area (Å²) in [4.78, 5) is 8.27. The number of hydrogen-bond donors (Lipinski definition) is 0. The van der Waals surface area contributed by atoms with Gasteiger partial charge >= 0.3 is 0 Å². The Morgan fingerprint density at radius 2 is 1.92 bits per heavy atom. The smallest absolute Gasteiger partial charge is 0.116 e. The van der Waals surface area contributed by atoms with Crippen molar-refractivity contribution in [3.8, 4) is 0 Å². The first-order valence-electron chi connectivity index (χ1n) is 4.38. The van der Waals surface area contributed by atoms with Crippen LogP contribution >= 0.6 is 15.9 Å². The van der Waals surface area contributed by atoms with Crippen molar-refractivity contribution in [1.82, 2.24) is 9.97 Å². The lowest BCUT2D eigenvalue weighted by Crippen LogP contribution is -2.16. The number of rotatable bonds is 1. The molecule has 1 unspecified atom stereocenters. The van der Waals surface area contributed by atoms with Gasteiger partial charge in [0, 0.05) is 11.6 Å². The van der Waals surface area contributed by atoms with E-state index < -0.39 is 0 Å². The summed E-state index contributed by atoms with van der Waals surface area (Å²) in [5.41, 5.74) is 1.34. The molecule has 0 N–H and O–H groups in total. The van der Waals surface area contributed by atoms with E-state index in [1.807, 2.05) is 6.07 Å². The molecule has 0 aliphatic heterocycles. The van der Waals surface area contributed by atoms with Crippen molar-refractivity contribution in [3.63, 3.8) is 0 Å².